The number of benzene rings is 1. The first-order valence-electron chi connectivity index (χ1n) is 5.14. The highest BCUT2D eigenvalue weighted by molar-refractivity contribution is 5.90. The van der Waals surface area contributed by atoms with Gasteiger partial charge in [0.25, 0.3) is 0 Å². The average Bonchev–Trinajstić information content (AvgIpc) is 2.77. The van der Waals surface area contributed by atoms with Crippen LogP contribution in [-0.2, 0) is 4.74 Å². The van der Waals surface area contributed by atoms with Crippen molar-refractivity contribution in [1.82, 2.24) is 5.43 Å². The second kappa shape index (κ2) is 3.55. The Morgan fingerprint density at radius 3 is 2.93 bits per heavy atom. The largest absolute Gasteiger partial charge is 0.378 e. The van der Waals surface area contributed by atoms with E-state index in [9.17, 15) is 0 Å². The molecule has 0 unspecified atom stereocenters. The van der Waals surface area contributed by atoms with Gasteiger partial charge in [0.2, 0.25) is 0 Å². The van der Waals surface area contributed by atoms with Gasteiger partial charge >= 0.3 is 0 Å². The Hall–Kier alpha value is -1.55. The third kappa shape index (κ3) is 1.57. The summed E-state index contributed by atoms with van der Waals surface area (Å²) in [5.74, 6) is 0. The molecule has 0 N–H and O–H groups in total. The molecule has 2 aliphatic rings. The Morgan fingerprint density at radius 1 is 1.20 bits per heavy atom. The van der Waals surface area contributed by atoms with Crippen LogP contribution in [0.15, 0.2) is 23.3 Å². The summed E-state index contributed by atoms with van der Waals surface area (Å²) in [7, 11) is 0. The molecular formula is C11H12N3O. The number of morpholine rings is 1. The molecule has 0 aliphatic carbocycles. The third-order valence-electron chi connectivity index (χ3n) is 2.75. The minimum Gasteiger partial charge on any atom is -0.378 e. The standard InChI is InChI=1S/C11H12N3O/c1-2-10(14-3-5-15-6-4-14)7-11-9(1)8-12-13-11/h1-2,7-8H,3-6H2. The van der Waals surface area contributed by atoms with Crippen molar-refractivity contribution < 1.29 is 4.74 Å². The number of hydrogen-bond acceptors (Lipinski definition) is 3. The van der Waals surface area contributed by atoms with Crippen LogP contribution in [0.1, 0.15) is 5.56 Å². The van der Waals surface area contributed by atoms with Gasteiger partial charge in [0.1, 0.15) is 0 Å². The van der Waals surface area contributed by atoms with Gasteiger partial charge in [-0.2, -0.15) is 10.5 Å². The van der Waals surface area contributed by atoms with Crippen molar-refractivity contribution in [2.75, 3.05) is 31.2 Å². The van der Waals surface area contributed by atoms with Crippen molar-refractivity contribution in [1.29, 1.82) is 0 Å². The van der Waals surface area contributed by atoms with Crippen molar-refractivity contribution in [3.63, 3.8) is 0 Å². The molecule has 1 saturated heterocycles. The molecule has 0 bridgehead atoms. The highest BCUT2D eigenvalue weighted by atomic mass is 16.5. The lowest BCUT2D eigenvalue weighted by Crippen LogP contribution is -2.36. The maximum Gasteiger partial charge on any atom is 0.0965 e. The van der Waals surface area contributed by atoms with Gasteiger partial charge in [-0.3, -0.25) is 0 Å². The van der Waals surface area contributed by atoms with Crippen molar-refractivity contribution in [2.24, 2.45) is 5.10 Å². The molecule has 15 heavy (non-hydrogen) atoms. The molecule has 1 radical (unpaired) electrons. The van der Waals surface area contributed by atoms with Crippen LogP contribution in [0, 0.1) is 0 Å². The summed E-state index contributed by atoms with van der Waals surface area (Å²) in [6.07, 6.45) is 1.79. The molecule has 2 aliphatic heterocycles. The van der Waals surface area contributed by atoms with Crippen LogP contribution in [0.2, 0.25) is 0 Å². The summed E-state index contributed by atoms with van der Waals surface area (Å²) in [5.41, 5.74) is 7.36. The van der Waals surface area contributed by atoms with E-state index in [-0.39, 0.29) is 0 Å². The van der Waals surface area contributed by atoms with Crippen LogP contribution in [0.4, 0.5) is 11.4 Å². The maximum atomic E-state index is 5.32. The molecule has 4 nitrogen and oxygen atoms in total. The molecule has 0 saturated carbocycles. The Kier molecular flexibility index (Phi) is 2.07. The van der Waals surface area contributed by atoms with Gasteiger partial charge in [-0.1, -0.05) is 0 Å². The number of ether oxygens (including phenoxy) is 1. The van der Waals surface area contributed by atoms with Crippen molar-refractivity contribution in [3.05, 3.63) is 23.8 Å². The smallest absolute Gasteiger partial charge is 0.0965 e. The van der Waals surface area contributed by atoms with Crippen LogP contribution in [-0.4, -0.2) is 32.5 Å². The van der Waals surface area contributed by atoms with E-state index in [1.54, 1.807) is 6.21 Å². The van der Waals surface area contributed by atoms with E-state index in [1.165, 1.54) is 5.69 Å². The molecule has 1 aromatic carbocycles. The first kappa shape index (κ1) is 8.73. The molecule has 1 aromatic rings. The highest BCUT2D eigenvalue weighted by Crippen LogP contribution is 2.26. The van der Waals surface area contributed by atoms with Crippen LogP contribution in [0.3, 0.4) is 0 Å². The Morgan fingerprint density at radius 2 is 2.07 bits per heavy atom. The van der Waals surface area contributed by atoms with Gasteiger partial charge in [0.15, 0.2) is 0 Å². The SMILES string of the molecule is C1=N[N]c2cc(N3CCOCC3)ccc21. The molecule has 4 heteroatoms. The lowest BCUT2D eigenvalue weighted by Gasteiger charge is -2.29. The fourth-order valence-corrected chi connectivity index (χ4v) is 1.90. The lowest BCUT2D eigenvalue weighted by atomic mass is 10.1. The van der Waals surface area contributed by atoms with Gasteiger partial charge in [-0.25, -0.2) is 0 Å². The van der Waals surface area contributed by atoms with Crippen LogP contribution in [0.5, 0.6) is 0 Å². The fourth-order valence-electron chi connectivity index (χ4n) is 1.90. The van der Waals surface area contributed by atoms with E-state index in [1.807, 2.05) is 0 Å². The number of nitrogens with zero attached hydrogens (tertiary/aromatic N) is 3. The zero-order chi connectivity index (χ0) is 10.1. The van der Waals surface area contributed by atoms with E-state index in [2.05, 4.69) is 33.6 Å². The van der Waals surface area contributed by atoms with Crippen LogP contribution < -0.4 is 10.3 Å². The molecular weight excluding hydrogens is 190 g/mol. The van der Waals surface area contributed by atoms with E-state index in [0.717, 1.165) is 37.6 Å². The van der Waals surface area contributed by atoms with E-state index < -0.39 is 0 Å². The van der Waals surface area contributed by atoms with Crippen molar-refractivity contribution in [2.45, 2.75) is 0 Å². The van der Waals surface area contributed by atoms with Gasteiger partial charge in [-0.05, 0) is 18.2 Å². The summed E-state index contributed by atoms with van der Waals surface area (Å²) >= 11 is 0. The van der Waals surface area contributed by atoms with Crippen molar-refractivity contribution >= 4 is 17.6 Å². The second-order valence-electron chi connectivity index (χ2n) is 3.69. The van der Waals surface area contributed by atoms with Gasteiger partial charge in [0.05, 0.1) is 25.1 Å². The molecule has 2 heterocycles. The van der Waals surface area contributed by atoms with Crippen molar-refractivity contribution in [3.8, 4) is 0 Å². The lowest BCUT2D eigenvalue weighted by molar-refractivity contribution is 0.122. The van der Waals surface area contributed by atoms with Gasteiger partial charge in [0, 0.05) is 24.3 Å². The third-order valence-corrected chi connectivity index (χ3v) is 2.75. The molecule has 77 valence electrons. The maximum absolute atomic E-state index is 5.32. The molecule has 0 aromatic heterocycles. The summed E-state index contributed by atoms with van der Waals surface area (Å²) in [5, 5.41) is 3.89. The topological polar surface area (TPSA) is 38.9 Å². The summed E-state index contributed by atoms with van der Waals surface area (Å²) in [4.78, 5) is 2.32. The van der Waals surface area contributed by atoms with Gasteiger partial charge < -0.3 is 9.64 Å². The molecule has 0 amide bonds. The summed E-state index contributed by atoms with van der Waals surface area (Å²) in [6.45, 7) is 3.54. The van der Waals surface area contributed by atoms with Crippen LogP contribution >= 0.6 is 0 Å². The minimum atomic E-state index is 0.810. The Balaban J connectivity index is 1.86. The molecule has 3 rings (SSSR count). The van der Waals surface area contributed by atoms with E-state index in [0.29, 0.717) is 0 Å². The predicted octanol–water partition coefficient (Wildman–Crippen LogP) is 1.11. The second-order valence-corrected chi connectivity index (χ2v) is 3.69. The Labute approximate surface area is 88.5 Å². The summed E-state index contributed by atoms with van der Waals surface area (Å²) in [6, 6.07) is 6.28. The zero-order valence-corrected chi connectivity index (χ0v) is 8.39. The fraction of sp³-hybridized carbons (Fsp3) is 0.364. The Bertz CT molecular complexity index is 397. The number of anilines is 1. The highest BCUT2D eigenvalue weighted by Gasteiger charge is 2.14. The monoisotopic (exact) mass is 202 g/mol. The predicted molar refractivity (Wildman–Crippen MR) is 58.9 cm³/mol. The molecule has 0 spiro atoms. The first-order valence-corrected chi connectivity index (χ1v) is 5.14. The molecule has 1 fully saturated rings. The van der Waals surface area contributed by atoms with Gasteiger partial charge in [-0.15, -0.1) is 0 Å². The van der Waals surface area contributed by atoms with Crippen LogP contribution in [0.25, 0.3) is 0 Å². The average molecular weight is 202 g/mol. The molecule has 0 atom stereocenters. The summed E-state index contributed by atoms with van der Waals surface area (Å²) < 4.78 is 5.32. The quantitative estimate of drug-likeness (QED) is 0.684. The first-order chi connectivity index (χ1) is 7.43. The minimum absolute atomic E-state index is 0.810. The van der Waals surface area contributed by atoms with E-state index in [4.69, 9.17) is 4.74 Å². The number of rotatable bonds is 1. The van der Waals surface area contributed by atoms with E-state index >= 15 is 0 Å². The zero-order valence-electron chi connectivity index (χ0n) is 8.39. The number of fused-ring (bicyclic) bond motifs is 1. The number of hydrogen-bond donors (Lipinski definition) is 0. The normalized spacial score (nSPS) is 18.8.